The molecule has 3 rings (SSSR count). The van der Waals surface area contributed by atoms with Gasteiger partial charge in [0.2, 0.25) is 0 Å². The predicted octanol–water partition coefficient (Wildman–Crippen LogP) is 2.87. The van der Waals surface area contributed by atoms with E-state index in [0.717, 1.165) is 25.9 Å². The number of carbonyl (C=O) groups excluding carboxylic acids is 2. The van der Waals surface area contributed by atoms with Crippen LogP contribution in [0.3, 0.4) is 0 Å². The minimum absolute atomic E-state index is 0.000750. The van der Waals surface area contributed by atoms with Crippen LogP contribution in [0.4, 0.5) is 5.69 Å². The summed E-state index contributed by atoms with van der Waals surface area (Å²) in [5, 5.41) is 7.21. The second-order valence-corrected chi connectivity index (χ2v) is 6.27. The number of nitrogens with one attached hydrogen (secondary N) is 1. The van der Waals surface area contributed by atoms with Gasteiger partial charge in [-0.3, -0.25) is 14.3 Å². The number of nitrogens with zero attached hydrogens (tertiary/aromatic N) is 3. The first-order valence-corrected chi connectivity index (χ1v) is 8.25. The topological polar surface area (TPSA) is 67.2 Å². The summed E-state index contributed by atoms with van der Waals surface area (Å²) in [4.78, 5) is 26.7. The number of likely N-dealkylation sites (tertiary alicyclic amines) is 1. The van der Waals surface area contributed by atoms with Crippen LogP contribution >= 0.6 is 11.6 Å². The highest BCUT2D eigenvalue weighted by Gasteiger charge is 2.21. The molecule has 7 heteroatoms. The van der Waals surface area contributed by atoms with E-state index in [0.29, 0.717) is 22.5 Å². The zero-order valence-corrected chi connectivity index (χ0v) is 14.4. The number of carbonyl (C=O) groups is 2. The Balaban J connectivity index is 1.79. The van der Waals surface area contributed by atoms with E-state index in [2.05, 4.69) is 10.4 Å². The molecule has 6 nitrogen and oxygen atoms in total. The van der Waals surface area contributed by atoms with Crippen molar-refractivity contribution >= 4 is 29.1 Å². The van der Waals surface area contributed by atoms with E-state index in [-0.39, 0.29) is 17.0 Å². The van der Waals surface area contributed by atoms with E-state index in [9.17, 15) is 9.59 Å². The summed E-state index contributed by atoms with van der Waals surface area (Å²) in [6, 6.07) is 6.96. The number of hydrogen-bond acceptors (Lipinski definition) is 3. The number of rotatable bonds is 3. The molecule has 126 valence electrons. The molecule has 0 aliphatic carbocycles. The molecule has 0 spiro atoms. The van der Waals surface area contributed by atoms with Crippen LogP contribution < -0.4 is 5.32 Å². The first-order chi connectivity index (χ1) is 11.5. The summed E-state index contributed by atoms with van der Waals surface area (Å²) in [5.41, 5.74) is 2.04. The summed E-state index contributed by atoms with van der Waals surface area (Å²) in [5.74, 6) is -0.337. The van der Waals surface area contributed by atoms with Gasteiger partial charge in [-0.25, -0.2) is 0 Å². The van der Waals surface area contributed by atoms with Crippen molar-refractivity contribution in [3.8, 4) is 0 Å². The molecule has 1 aromatic heterocycles. The first-order valence-electron chi connectivity index (χ1n) is 7.87. The van der Waals surface area contributed by atoms with Gasteiger partial charge in [-0.05, 0) is 38.0 Å². The van der Waals surface area contributed by atoms with Crippen LogP contribution in [0.2, 0.25) is 5.15 Å². The third kappa shape index (κ3) is 3.14. The third-order valence-corrected chi connectivity index (χ3v) is 4.57. The molecule has 1 aromatic carbocycles. The maximum absolute atomic E-state index is 12.5. The molecule has 0 saturated carbocycles. The Morgan fingerprint density at radius 2 is 1.96 bits per heavy atom. The fourth-order valence-corrected chi connectivity index (χ4v) is 3.17. The quantitative estimate of drug-likeness (QED) is 0.929. The van der Waals surface area contributed by atoms with Gasteiger partial charge in [-0.1, -0.05) is 17.7 Å². The van der Waals surface area contributed by atoms with E-state index in [1.165, 1.54) is 4.68 Å². The van der Waals surface area contributed by atoms with Crippen LogP contribution in [-0.2, 0) is 7.05 Å². The summed E-state index contributed by atoms with van der Waals surface area (Å²) in [7, 11) is 1.68. The van der Waals surface area contributed by atoms with Crippen LogP contribution in [0.1, 0.15) is 39.3 Å². The van der Waals surface area contributed by atoms with Gasteiger partial charge in [-0.15, -0.1) is 0 Å². The van der Waals surface area contributed by atoms with Crippen LogP contribution in [0.25, 0.3) is 0 Å². The molecule has 1 aliphatic rings. The van der Waals surface area contributed by atoms with Crippen LogP contribution in [-0.4, -0.2) is 39.6 Å². The summed E-state index contributed by atoms with van der Waals surface area (Å²) >= 11 is 6.12. The summed E-state index contributed by atoms with van der Waals surface area (Å²) in [6.45, 7) is 3.31. The van der Waals surface area contributed by atoms with E-state index < -0.39 is 0 Å². The van der Waals surface area contributed by atoms with Gasteiger partial charge < -0.3 is 10.2 Å². The Labute approximate surface area is 145 Å². The zero-order chi connectivity index (χ0) is 17.3. The highest BCUT2D eigenvalue weighted by Crippen LogP contribution is 2.21. The van der Waals surface area contributed by atoms with Crippen molar-refractivity contribution in [3.63, 3.8) is 0 Å². The van der Waals surface area contributed by atoms with Crippen molar-refractivity contribution in [1.29, 1.82) is 0 Å². The van der Waals surface area contributed by atoms with Gasteiger partial charge in [0, 0.05) is 31.4 Å². The lowest BCUT2D eigenvalue weighted by Gasteiger charge is -2.15. The third-order valence-electron chi connectivity index (χ3n) is 4.14. The molecule has 0 bridgehead atoms. The molecule has 2 amide bonds. The normalized spacial score (nSPS) is 14.0. The number of anilines is 1. The Bertz CT molecular complexity index is 794. The van der Waals surface area contributed by atoms with Crippen molar-refractivity contribution in [2.75, 3.05) is 18.4 Å². The number of aromatic nitrogens is 2. The van der Waals surface area contributed by atoms with Crippen LogP contribution in [0.15, 0.2) is 24.3 Å². The number of aryl methyl sites for hydroxylation is 2. The molecule has 1 fully saturated rings. The predicted molar refractivity (Wildman–Crippen MR) is 92.5 cm³/mol. The summed E-state index contributed by atoms with van der Waals surface area (Å²) < 4.78 is 1.46. The second-order valence-electron chi connectivity index (χ2n) is 5.91. The SMILES string of the molecule is Cc1nn(C)c(Cl)c1C(=O)Nc1cccc(C(=O)N2CCCC2)c1. The van der Waals surface area contributed by atoms with Crippen LogP contribution in [0.5, 0.6) is 0 Å². The smallest absolute Gasteiger partial charge is 0.260 e. The lowest BCUT2D eigenvalue weighted by molar-refractivity contribution is 0.0792. The van der Waals surface area contributed by atoms with Gasteiger partial charge in [-0.2, -0.15) is 5.10 Å². The largest absolute Gasteiger partial charge is 0.339 e. The first kappa shape index (κ1) is 16.5. The average Bonchev–Trinajstić information content (AvgIpc) is 3.16. The minimum Gasteiger partial charge on any atom is -0.339 e. The molecule has 24 heavy (non-hydrogen) atoms. The molecular weight excluding hydrogens is 328 g/mol. The van der Waals surface area contributed by atoms with E-state index in [4.69, 9.17) is 11.6 Å². The standard InChI is InChI=1S/C17H19ClN4O2/c1-11-14(15(18)21(2)20-11)16(23)19-13-7-5-6-12(10-13)17(24)22-8-3-4-9-22/h5-7,10H,3-4,8-9H2,1-2H3,(H,19,23). The van der Waals surface area contributed by atoms with Gasteiger partial charge in [0.25, 0.3) is 11.8 Å². The molecular formula is C17H19ClN4O2. The molecule has 0 atom stereocenters. The number of hydrogen-bond donors (Lipinski definition) is 1. The van der Waals surface area contributed by atoms with Crippen molar-refractivity contribution in [2.45, 2.75) is 19.8 Å². The number of halogens is 1. The van der Waals surface area contributed by atoms with Gasteiger partial charge in [0.05, 0.1) is 11.3 Å². The molecule has 1 saturated heterocycles. The van der Waals surface area contributed by atoms with Gasteiger partial charge in [0.1, 0.15) is 5.15 Å². The van der Waals surface area contributed by atoms with Gasteiger partial charge >= 0.3 is 0 Å². The molecule has 1 N–H and O–H groups in total. The van der Waals surface area contributed by atoms with Gasteiger partial charge in [0.15, 0.2) is 0 Å². The highest BCUT2D eigenvalue weighted by molar-refractivity contribution is 6.33. The van der Waals surface area contributed by atoms with Crippen molar-refractivity contribution in [3.05, 3.63) is 46.2 Å². The molecule has 0 unspecified atom stereocenters. The molecule has 2 heterocycles. The van der Waals surface area contributed by atoms with E-state index in [1.807, 2.05) is 4.90 Å². The zero-order valence-electron chi connectivity index (χ0n) is 13.7. The van der Waals surface area contributed by atoms with Crippen molar-refractivity contribution in [1.82, 2.24) is 14.7 Å². The molecule has 2 aromatic rings. The number of benzene rings is 1. The summed E-state index contributed by atoms with van der Waals surface area (Å²) in [6.07, 6.45) is 2.09. The number of amides is 2. The Kier molecular flexibility index (Phi) is 4.57. The maximum Gasteiger partial charge on any atom is 0.260 e. The fraction of sp³-hybridized carbons (Fsp3) is 0.353. The minimum atomic E-state index is -0.337. The highest BCUT2D eigenvalue weighted by atomic mass is 35.5. The second kappa shape index (κ2) is 6.65. The lowest BCUT2D eigenvalue weighted by Crippen LogP contribution is -2.27. The monoisotopic (exact) mass is 346 g/mol. The van der Waals surface area contributed by atoms with Crippen molar-refractivity contribution < 1.29 is 9.59 Å². The molecule has 0 radical (unpaired) electrons. The van der Waals surface area contributed by atoms with E-state index in [1.54, 1.807) is 38.2 Å². The van der Waals surface area contributed by atoms with E-state index >= 15 is 0 Å². The molecule has 1 aliphatic heterocycles. The maximum atomic E-state index is 12.5. The average molecular weight is 347 g/mol. The Morgan fingerprint density at radius 1 is 1.25 bits per heavy atom. The fourth-order valence-electron chi connectivity index (χ4n) is 2.91. The Morgan fingerprint density at radius 3 is 2.58 bits per heavy atom. The Hall–Kier alpha value is -2.34. The lowest BCUT2D eigenvalue weighted by atomic mass is 10.1. The van der Waals surface area contributed by atoms with Crippen molar-refractivity contribution in [2.24, 2.45) is 7.05 Å². The van der Waals surface area contributed by atoms with Crippen LogP contribution in [0, 0.1) is 6.92 Å².